The summed E-state index contributed by atoms with van der Waals surface area (Å²) in [6.45, 7) is 7.58. The molecule has 0 spiro atoms. The highest BCUT2D eigenvalue weighted by atomic mass is 16.5. The van der Waals surface area contributed by atoms with Crippen LogP contribution < -0.4 is 0 Å². The third kappa shape index (κ3) is 39.5. The van der Waals surface area contributed by atoms with Gasteiger partial charge >= 0.3 is 5.97 Å². The van der Waals surface area contributed by atoms with Gasteiger partial charge in [-0.3, -0.25) is 4.79 Å². The SMILES string of the molecule is CCCCCCCCCCCCCCCCCCCCCCCCCCCC(=O)OCCCCCCCCCCCC(C)C. The lowest BCUT2D eigenvalue weighted by molar-refractivity contribution is -0.143. The minimum atomic E-state index is 0.0282. The van der Waals surface area contributed by atoms with Gasteiger partial charge < -0.3 is 4.74 Å². The van der Waals surface area contributed by atoms with E-state index >= 15 is 0 Å². The second-order valence-corrected chi connectivity index (χ2v) is 14.8. The Kier molecular flexibility index (Phi) is 38.2. The third-order valence-corrected chi connectivity index (χ3v) is 9.67. The van der Waals surface area contributed by atoms with Crippen LogP contribution in [-0.2, 0) is 9.53 Å². The molecule has 0 saturated heterocycles. The molecular weight excluding hydrogens is 536 g/mol. The van der Waals surface area contributed by atoms with Gasteiger partial charge in [0.1, 0.15) is 0 Å². The highest BCUT2D eigenvalue weighted by molar-refractivity contribution is 5.69. The summed E-state index contributed by atoms with van der Waals surface area (Å²) in [4.78, 5) is 12.0. The average molecular weight is 621 g/mol. The molecule has 0 heterocycles. The van der Waals surface area contributed by atoms with Crippen LogP contribution in [0, 0.1) is 5.92 Å². The number of esters is 1. The Labute approximate surface area is 279 Å². The summed E-state index contributed by atoms with van der Waals surface area (Å²) in [6, 6.07) is 0. The monoisotopic (exact) mass is 621 g/mol. The van der Waals surface area contributed by atoms with Crippen LogP contribution in [0.1, 0.15) is 252 Å². The van der Waals surface area contributed by atoms with E-state index in [1.807, 2.05) is 0 Å². The summed E-state index contributed by atoms with van der Waals surface area (Å²) in [5, 5.41) is 0. The predicted octanol–water partition coefficient (Wildman–Crippen LogP) is 15.2. The second-order valence-electron chi connectivity index (χ2n) is 14.8. The van der Waals surface area contributed by atoms with Gasteiger partial charge in [-0.15, -0.1) is 0 Å². The molecule has 0 rings (SSSR count). The fourth-order valence-electron chi connectivity index (χ4n) is 6.56. The number of ether oxygens (including phenoxy) is 1. The number of unbranched alkanes of at least 4 members (excludes halogenated alkanes) is 32. The van der Waals surface area contributed by atoms with Crippen molar-refractivity contribution in [2.75, 3.05) is 6.61 Å². The smallest absolute Gasteiger partial charge is 0.305 e. The summed E-state index contributed by atoms with van der Waals surface area (Å²) >= 11 is 0. The minimum Gasteiger partial charge on any atom is -0.466 e. The van der Waals surface area contributed by atoms with Crippen molar-refractivity contribution < 1.29 is 9.53 Å². The molecule has 0 unspecified atom stereocenters. The van der Waals surface area contributed by atoms with E-state index in [9.17, 15) is 4.79 Å². The van der Waals surface area contributed by atoms with E-state index in [-0.39, 0.29) is 5.97 Å². The molecule has 0 radical (unpaired) electrons. The Balaban J connectivity index is 3.13. The Morgan fingerprint density at radius 1 is 0.386 bits per heavy atom. The van der Waals surface area contributed by atoms with Gasteiger partial charge in [0.15, 0.2) is 0 Å². The molecule has 2 nitrogen and oxygen atoms in total. The number of carbonyl (C=O) groups excluding carboxylic acids is 1. The van der Waals surface area contributed by atoms with E-state index in [2.05, 4.69) is 20.8 Å². The van der Waals surface area contributed by atoms with Gasteiger partial charge in [-0.25, -0.2) is 0 Å². The van der Waals surface area contributed by atoms with Crippen LogP contribution in [0.15, 0.2) is 0 Å². The van der Waals surface area contributed by atoms with Crippen molar-refractivity contribution >= 4 is 5.97 Å². The maximum absolute atomic E-state index is 12.0. The lowest BCUT2D eigenvalue weighted by atomic mass is 10.0. The molecule has 0 N–H and O–H groups in total. The zero-order chi connectivity index (χ0) is 32.0. The molecule has 0 amide bonds. The minimum absolute atomic E-state index is 0.0282. The van der Waals surface area contributed by atoms with Crippen LogP contribution in [0.2, 0.25) is 0 Å². The van der Waals surface area contributed by atoms with Crippen LogP contribution in [0.25, 0.3) is 0 Å². The molecule has 0 fully saturated rings. The van der Waals surface area contributed by atoms with Crippen molar-refractivity contribution in [3.05, 3.63) is 0 Å². The Morgan fingerprint density at radius 2 is 0.659 bits per heavy atom. The zero-order valence-corrected chi connectivity index (χ0v) is 31.1. The Bertz CT molecular complexity index is 528. The molecular formula is C42H84O2. The van der Waals surface area contributed by atoms with Crippen LogP contribution in [-0.4, -0.2) is 12.6 Å². The molecule has 0 aromatic heterocycles. The van der Waals surface area contributed by atoms with Crippen LogP contribution >= 0.6 is 0 Å². The molecule has 0 aromatic rings. The van der Waals surface area contributed by atoms with Crippen molar-refractivity contribution in [1.82, 2.24) is 0 Å². The first-order chi connectivity index (χ1) is 21.7. The fraction of sp³-hybridized carbons (Fsp3) is 0.976. The van der Waals surface area contributed by atoms with Crippen molar-refractivity contribution in [2.45, 2.75) is 252 Å². The molecule has 44 heavy (non-hydrogen) atoms. The topological polar surface area (TPSA) is 26.3 Å². The summed E-state index contributed by atoms with van der Waals surface area (Å²) in [7, 11) is 0. The highest BCUT2D eigenvalue weighted by Gasteiger charge is 2.03. The van der Waals surface area contributed by atoms with Crippen molar-refractivity contribution in [1.29, 1.82) is 0 Å². The number of hydrogen-bond acceptors (Lipinski definition) is 2. The Hall–Kier alpha value is -0.530. The largest absolute Gasteiger partial charge is 0.466 e. The molecule has 0 aliphatic carbocycles. The molecule has 2 heteroatoms. The molecule has 0 saturated carbocycles. The van der Waals surface area contributed by atoms with E-state index in [0.717, 1.165) is 18.8 Å². The maximum atomic E-state index is 12.0. The first-order valence-corrected chi connectivity index (χ1v) is 20.8. The van der Waals surface area contributed by atoms with E-state index in [1.54, 1.807) is 0 Å². The summed E-state index contributed by atoms with van der Waals surface area (Å²) < 4.78 is 5.45. The fourth-order valence-corrected chi connectivity index (χ4v) is 6.56. The molecule has 0 aliphatic rings. The molecule has 0 aromatic carbocycles. The van der Waals surface area contributed by atoms with Crippen LogP contribution in [0.3, 0.4) is 0 Å². The van der Waals surface area contributed by atoms with Gasteiger partial charge in [0.05, 0.1) is 6.61 Å². The zero-order valence-electron chi connectivity index (χ0n) is 31.1. The van der Waals surface area contributed by atoms with Gasteiger partial charge in [0.2, 0.25) is 0 Å². The van der Waals surface area contributed by atoms with E-state index in [4.69, 9.17) is 4.74 Å². The second kappa shape index (κ2) is 38.7. The first-order valence-electron chi connectivity index (χ1n) is 20.8. The van der Waals surface area contributed by atoms with Gasteiger partial charge in [-0.05, 0) is 18.8 Å². The number of hydrogen-bond donors (Lipinski definition) is 0. The van der Waals surface area contributed by atoms with Gasteiger partial charge in [0.25, 0.3) is 0 Å². The molecule has 0 aliphatic heterocycles. The first kappa shape index (κ1) is 43.5. The standard InChI is InChI=1S/C42H84O2/c1-4-5-6-7-8-9-10-11-12-13-14-15-16-17-18-19-20-21-22-23-24-27-30-33-36-39-42(43)44-40-37-34-31-28-25-26-29-32-35-38-41(2)3/h41H,4-40H2,1-3H3. The predicted molar refractivity (Wildman–Crippen MR) is 198 cm³/mol. The Morgan fingerprint density at radius 3 is 0.977 bits per heavy atom. The van der Waals surface area contributed by atoms with Crippen molar-refractivity contribution in [2.24, 2.45) is 5.92 Å². The lowest BCUT2D eigenvalue weighted by Crippen LogP contribution is -2.05. The van der Waals surface area contributed by atoms with Gasteiger partial charge in [-0.1, -0.05) is 233 Å². The van der Waals surface area contributed by atoms with Crippen LogP contribution in [0.5, 0.6) is 0 Å². The van der Waals surface area contributed by atoms with Gasteiger partial charge in [0, 0.05) is 6.42 Å². The highest BCUT2D eigenvalue weighted by Crippen LogP contribution is 2.17. The van der Waals surface area contributed by atoms with Crippen molar-refractivity contribution in [3.8, 4) is 0 Å². The number of rotatable bonds is 38. The number of carbonyl (C=O) groups is 1. The lowest BCUT2D eigenvalue weighted by Gasteiger charge is -2.06. The van der Waals surface area contributed by atoms with E-state index in [0.29, 0.717) is 13.0 Å². The van der Waals surface area contributed by atoms with Gasteiger partial charge in [-0.2, -0.15) is 0 Å². The summed E-state index contributed by atoms with van der Waals surface area (Å²) in [6.07, 6.45) is 49.1. The summed E-state index contributed by atoms with van der Waals surface area (Å²) in [5.74, 6) is 0.887. The van der Waals surface area contributed by atoms with Crippen molar-refractivity contribution in [3.63, 3.8) is 0 Å². The summed E-state index contributed by atoms with van der Waals surface area (Å²) in [5.41, 5.74) is 0. The van der Waals surface area contributed by atoms with E-state index < -0.39 is 0 Å². The van der Waals surface area contributed by atoms with Crippen LogP contribution in [0.4, 0.5) is 0 Å². The molecule has 0 atom stereocenters. The molecule has 0 bridgehead atoms. The van der Waals surface area contributed by atoms with E-state index in [1.165, 1.54) is 212 Å². The maximum Gasteiger partial charge on any atom is 0.305 e. The normalized spacial score (nSPS) is 11.5. The average Bonchev–Trinajstić information content (AvgIpc) is 3.01. The molecule has 264 valence electrons. The quantitative estimate of drug-likeness (QED) is 0.0507. The third-order valence-electron chi connectivity index (χ3n) is 9.67.